The first-order valence-corrected chi connectivity index (χ1v) is 8.94. The Balaban J connectivity index is 1.23. The summed E-state index contributed by atoms with van der Waals surface area (Å²) in [4.78, 5) is 18.7. The standard InChI is InChI=1S/C17H23N5O4/c23-16(22-7-10-24-11-8-22)13-21-5-3-20(4-6-21)12-15-18-19-17(26-15)14-2-1-9-25-14/h1-2,9H,3-8,10-13H2. The predicted molar refractivity (Wildman–Crippen MR) is 91.1 cm³/mol. The molecule has 9 heteroatoms. The van der Waals surface area contributed by atoms with Crippen LogP contribution in [0.4, 0.5) is 0 Å². The van der Waals surface area contributed by atoms with Crippen LogP contribution in [-0.2, 0) is 16.1 Å². The fourth-order valence-corrected chi connectivity index (χ4v) is 3.22. The molecule has 2 aliphatic rings. The van der Waals surface area contributed by atoms with E-state index in [1.54, 1.807) is 18.4 Å². The number of hydrogen-bond acceptors (Lipinski definition) is 8. The highest BCUT2D eigenvalue weighted by atomic mass is 16.5. The van der Waals surface area contributed by atoms with Gasteiger partial charge < -0.3 is 18.5 Å². The number of amides is 1. The van der Waals surface area contributed by atoms with Crippen molar-refractivity contribution in [2.24, 2.45) is 0 Å². The Morgan fingerprint density at radius 1 is 1.04 bits per heavy atom. The van der Waals surface area contributed by atoms with E-state index >= 15 is 0 Å². The molecule has 0 saturated carbocycles. The van der Waals surface area contributed by atoms with Crippen molar-refractivity contribution in [3.63, 3.8) is 0 Å². The molecular formula is C17H23N5O4. The molecule has 2 aromatic heterocycles. The van der Waals surface area contributed by atoms with Crippen LogP contribution in [0.25, 0.3) is 11.7 Å². The van der Waals surface area contributed by atoms with Gasteiger partial charge in [-0.25, -0.2) is 0 Å². The van der Waals surface area contributed by atoms with E-state index in [1.165, 1.54) is 0 Å². The van der Waals surface area contributed by atoms with E-state index in [4.69, 9.17) is 13.6 Å². The Morgan fingerprint density at radius 2 is 1.81 bits per heavy atom. The fourth-order valence-electron chi connectivity index (χ4n) is 3.22. The third kappa shape index (κ3) is 4.12. The summed E-state index contributed by atoms with van der Waals surface area (Å²) in [5.41, 5.74) is 0. The Morgan fingerprint density at radius 3 is 2.54 bits per heavy atom. The molecule has 4 heterocycles. The number of aromatic nitrogens is 2. The maximum absolute atomic E-state index is 12.3. The molecule has 0 aromatic carbocycles. The summed E-state index contributed by atoms with van der Waals surface area (Å²) < 4.78 is 16.2. The zero-order valence-electron chi connectivity index (χ0n) is 14.7. The fraction of sp³-hybridized carbons (Fsp3) is 0.588. The van der Waals surface area contributed by atoms with Gasteiger partial charge in [0.05, 0.1) is 32.6 Å². The molecule has 0 spiro atoms. The Hall–Kier alpha value is -2.23. The van der Waals surface area contributed by atoms with Crippen molar-refractivity contribution < 1.29 is 18.4 Å². The summed E-state index contributed by atoms with van der Waals surface area (Å²) in [6, 6.07) is 3.58. The van der Waals surface area contributed by atoms with Gasteiger partial charge in [-0.15, -0.1) is 10.2 Å². The first-order chi connectivity index (χ1) is 12.8. The molecule has 2 saturated heterocycles. The molecule has 0 N–H and O–H groups in total. The van der Waals surface area contributed by atoms with Crippen molar-refractivity contribution in [2.45, 2.75) is 6.54 Å². The number of morpholine rings is 1. The lowest BCUT2D eigenvalue weighted by atomic mass is 10.3. The Bertz CT molecular complexity index is 703. The van der Waals surface area contributed by atoms with Crippen LogP contribution in [0.3, 0.4) is 0 Å². The van der Waals surface area contributed by atoms with Crippen LogP contribution in [0.15, 0.2) is 27.2 Å². The number of piperazine rings is 1. The van der Waals surface area contributed by atoms with Crippen molar-refractivity contribution in [3.8, 4) is 11.7 Å². The number of rotatable bonds is 5. The number of carbonyl (C=O) groups excluding carboxylic acids is 1. The smallest absolute Gasteiger partial charge is 0.283 e. The summed E-state index contributed by atoms with van der Waals surface area (Å²) >= 11 is 0. The van der Waals surface area contributed by atoms with E-state index in [0.29, 0.717) is 56.9 Å². The molecule has 2 aromatic rings. The first kappa shape index (κ1) is 17.2. The van der Waals surface area contributed by atoms with Crippen LogP contribution in [0.1, 0.15) is 5.89 Å². The normalized spacial score (nSPS) is 19.8. The number of furan rings is 1. The summed E-state index contributed by atoms with van der Waals surface area (Å²) in [7, 11) is 0. The SMILES string of the molecule is O=C(CN1CCN(Cc2nnc(-c3ccco3)o2)CC1)N1CCOCC1. The minimum atomic E-state index is 0.196. The lowest BCUT2D eigenvalue weighted by Gasteiger charge is -2.35. The second-order valence-electron chi connectivity index (χ2n) is 6.52. The lowest BCUT2D eigenvalue weighted by molar-refractivity contribution is -0.136. The van der Waals surface area contributed by atoms with Crippen LogP contribution in [-0.4, -0.2) is 89.8 Å². The van der Waals surface area contributed by atoms with Crippen LogP contribution >= 0.6 is 0 Å². The number of ether oxygens (including phenoxy) is 1. The lowest BCUT2D eigenvalue weighted by Crippen LogP contribution is -2.51. The second-order valence-corrected chi connectivity index (χ2v) is 6.52. The van der Waals surface area contributed by atoms with Gasteiger partial charge in [0.25, 0.3) is 5.89 Å². The van der Waals surface area contributed by atoms with Crippen molar-refractivity contribution in [3.05, 3.63) is 24.3 Å². The van der Waals surface area contributed by atoms with Gasteiger partial charge >= 0.3 is 0 Å². The maximum Gasteiger partial charge on any atom is 0.283 e. The van der Waals surface area contributed by atoms with E-state index in [2.05, 4.69) is 20.0 Å². The van der Waals surface area contributed by atoms with Gasteiger partial charge in [-0.3, -0.25) is 14.6 Å². The van der Waals surface area contributed by atoms with Crippen molar-refractivity contribution >= 4 is 5.91 Å². The maximum atomic E-state index is 12.3. The summed E-state index contributed by atoms with van der Waals surface area (Å²) in [6.07, 6.45) is 1.58. The van der Waals surface area contributed by atoms with Crippen molar-refractivity contribution in [2.75, 3.05) is 59.0 Å². The van der Waals surface area contributed by atoms with E-state index in [1.807, 2.05) is 4.90 Å². The van der Waals surface area contributed by atoms with E-state index in [0.717, 1.165) is 26.2 Å². The predicted octanol–water partition coefficient (Wildman–Crippen LogP) is 0.306. The molecule has 0 bridgehead atoms. The van der Waals surface area contributed by atoms with E-state index in [-0.39, 0.29) is 5.91 Å². The van der Waals surface area contributed by atoms with E-state index in [9.17, 15) is 4.79 Å². The Labute approximate surface area is 151 Å². The van der Waals surface area contributed by atoms with Gasteiger partial charge in [0.15, 0.2) is 5.76 Å². The zero-order chi connectivity index (χ0) is 17.8. The second kappa shape index (κ2) is 7.98. The van der Waals surface area contributed by atoms with Crippen molar-refractivity contribution in [1.82, 2.24) is 24.9 Å². The molecule has 2 fully saturated rings. The number of carbonyl (C=O) groups is 1. The van der Waals surface area contributed by atoms with Crippen LogP contribution in [0.2, 0.25) is 0 Å². The number of nitrogens with zero attached hydrogens (tertiary/aromatic N) is 5. The largest absolute Gasteiger partial charge is 0.459 e. The van der Waals surface area contributed by atoms with Gasteiger partial charge in [-0.2, -0.15) is 0 Å². The highest BCUT2D eigenvalue weighted by molar-refractivity contribution is 5.78. The number of hydrogen-bond donors (Lipinski definition) is 0. The average molecular weight is 361 g/mol. The quantitative estimate of drug-likeness (QED) is 0.752. The molecule has 9 nitrogen and oxygen atoms in total. The average Bonchev–Trinajstić information content (AvgIpc) is 3.36. The molecule has 0 aliphatic carbocycles. The molecule has 4 rings (SSSR count). The molecule has 140 valence electrons. The molecule has 0 atom stereocenters. The minimum Gasteiger partial charge on any atom is -0.459 e. The molecule has 26 heavy (non-hydrogen) atoms. The molecule has 1 amide bonds. The van der Waals surface area contributed by atoms with E-state index < -0.39 is 0 Å². The summed E-state index contributed by atoms with van der Waals surface area (Å²) in [6.45, 7) is 7.24. The highest BCUT2D eigenvalue weighted by Gasteiger charge is 2.24. The van der Waals surface area contributed by atoms with Gasteiger partial charge in [-0.1, -0.05) is 0 Å². The monoisotopic (exact) mass is 361 g/mol. The van der Waals surface area contributed by atoms with Gasteiger partial charge in [0, 0.05) is 39.3 Å². The van der Waals surface area contributed by atoms with Crippen molar-refractivity contribution in [1.29, 1.82) is 0 Å². The zero-order valence-corrected chi connectivity index (χ0v) is 14.7. The molecule has 0 unspecified atom stereocenters. The van der Waals surface area contributed by atoms with Crippen LogP contribution in [0.5, 0.6) is 0 Å². The van der Waals surface area contributed by atoms with Gasteiger partial charge in [0.1, 0.15) is 0 Å². The third-order valence-electron chi connectivity index (χ3n) is 4.75. The highest BCUT2D eigenvalue weighted by Crippen LogP contribution is 2.18. The summed E-state index contributed by atoms with van der Waals surface area (Å²) in [5, 5.41) is 8.11. The molecule has 2 aliphatic heterocycles. The Kier molecular flexibility index (Phi) is 5.28. The van der Waals surface area contributed by atoms with Gasteiger partial charge in [-0.05, 0) is 12.1 Å². The minimum absolute atomic E-state index is 0.196. The van der Waals surface area contributed by atoms with Gasteiger partial charge in [0.2, 0.25) is 11.8 Å². The third-order valence-corrected chi connectivity index (χ3v) is 4.75. The summed E-state index contributed by atoms with van der Waals surface area (Å²) in [5.74, 6) is 1.76. The molecule has 0 radical (unpaired) electrons. The molecular weight excluding hydrogens is 338 g/mol. The first-order valence-electron chi connectivity index (χ1n) is 8.94. The topological polar surface area (TPSA) is 88.1 Å². The van der Waals surface area contributed by atoms with Crippen LogP contribution < -0.4 is 0 Å². The van der Waals surface area contributed by atoms with Crippen LogP contribution in [0, 0.1) is 0 Å².